The topological polar surface area (TPSA) is 20.3 Å². The van der Waals surface area contributed by atoms with Crippen molar-refractivity contribution in [3.63, 3.8) is 0 Å². The van der Waals surface area contributed by atoms with Gasteiger partial charge in [0.2, 0.25) is 5.91 Å². The number of fused-ring (bicyclic) bond motifs is 4. The second-order valence-corrected chi connectivity index (χ2v) is 18.9. The van der Waals surface area contributed by atoms with Crippen LogP contribution in [0.3, 0.4) is 0 Å². The Morgan fingerprint density at radius 2 is 0.985 bits per heavy atom. The van der Waals surface area contributed by atoms with Gasteiger partial charge in [-0.05, 0) is 173 Å². The lowest BCUT2D eigenvalue weighted by Gasteiger charge is -2.24. The fraction of sp³-hybridized carbons (Fsp3) is 0.141. The van der Waals surface area contributed by atoms with Crippen molar-refractivity contribution in [1.82, 2.24) is 0 Å². The molecule has 0 saturated carbocycles. The summed E-state index contributed by atoms with van der Waals surface area (Å²) in [4.78, 5) is 15.3. The average Bonchev–Trinajstić information content (AvgIpc) is 3.74. The number of carbonyl (C=O) groups is 1. The Balaban J connectivity index is 1.16. The van der Waals surface area contributed by atoms with Crippen molar-refractivity contribution >= 4 is 23.2 Å². The summed E-state index contributed by atoms with van der Waals surface area (Å²) >= 11 is 0. The van der Waals surface area contributed by atoms with Gasteiger partial charge in [0.1, 0.15) is 0 Å². The number of carbonyl (C=O) groups excluding carboxylic acids is 1. The Morgan fingerprint density at radius 3 is 1.56 bits per heavy atom. The quantitative estimate of drug-likeness (QED) is 0.126. The van der Waals surface area contributed by atoms with E-state index in [9.17, 15) is 4.79 Å². The molecule has 66 heavy (non-hydrogen) atoms. The summed E-state index contributed by atoms with van der Waals surface area (Å²) in [5.74, 6) is 0.00475. The molecule has 2 aliphatic carbocycles. The fourth-order valence-corrected chi connectivity index (χ4v) is 10.4. The lowest BCUT2D eigenvalue weighted by atomic mass is 9.80. The monoisotopic (exact) mass is 853 g/mol. The maximum Gasteiger partial charge on any atom is 0.223 e. The number of allylic oxidation sites excluding steroid dienone is 4. The molecular weight excluding hydrogens is 799 g/mol. The summed E-state index contributed by atoms with van der Waals surface area (Å²) in [5, 5.41) is 0. The Kier molecular flexibility index (Phi) is 10.8. The molecule has 0 heterocycles. The Morgan fingerprint density at radius 1 is 0.500 bits per heavy atom. The Labute approximate surface area is 391 Å². The zero-order valence-corrected chi connectivity index (χ0v) is 38.8. The van der Waals surface area contributed by atoms with Crippen LogP contribution in [0.25, 0.3) is 78.4 Å². The largest absolute Gasteiger partial charge is 0.313 e. The molecule has 0 aromatic heterocycles. The average molecular weight is 854 g/mol. The highest BCUT2D eigenvalue weighted by Crippen LogP contribution is 2.50. The van der Waals surface area contributed by atoms with Crippen molar-refractivity contribution in [3.05, 3.63) is 234 Å². The van der Waals surface area contributed by atoms with Gasteiger partial charge in [0.25, 0.3) is 0 Å². The van der Waals surface area contributed by atoms with E-state index in [1.54, 1.807) is 6.92 Å². The van der Waals surface area contributed by atoms with E-state index in [1.807, 2.05) is 17.9 Å². The Bertz CT molecular complexity index is 3270. The van der Waals surface area contributed by atoms with Gasteiger partial charge >= 0.3 is 0 Å². The second kappa shape index (κ2) is 16.8. The molecule has 322 valence electrons. The molecule has 0 bridgehead atoms. The van der Waals surface area contributed by atoms with Gasteiger partial charge in [0.05, 0.1) is 0 Å². The van der Waals surface area contributed by atoms with Gasteiger partial charge in [-0.25, -0.2) is 0 Å². The van der Waals surface area contributed by atoms with Gasteiger partial charge < -0.3 is 4.90 Å². The third-order valence-corrected chi connectivity index (χ3v) is 14.1. The van der Waals surface area contributed by atoms with Crippen molar-refractivity contribution in [2.75, 3.05) is 11.4 Å². The van der Waals surface area contributed by atoms with Crippen molar-refractivity contribution in [2.24, 2.45) is 0 Å². The number of amides is 1. The SMILES string of the molecule is C=C/C(=C\C1=Cc2ccccc2C1(C)C)c1cc(-c2ccccc2)cc(-c2cc(-c3cc(-c4ccccc4)cc(-c4ccc5c(c4)C(C)(C)c4ccccc4-5)c3)cc(N(CC)C(C)=O)c2)c1. The first-order chi connectivity index (χ1) is 31.9. The van der Waals surface area contributed by atoms with Crippen LogP contribution in [0.2, 0.25) is 0 Å². The van der Waals surface area contributed by atoms with E-state index in [2.05, 4.69) is 228 Å². The molecule has 8 aromatic carbocycles. The molecule has 0 fully saturated rings. The van der Waals surface area contributed by atoms with Crippen molar-refractivity contribution in [1.29, 1.82) is 0 Å². The number of rotatable bonds is 10. The molecule has 1 amide bonds. The summed E-state index contributed by atoms with van der Waals surface area (Å²) < 4.78 is 0. The lowest BCUT2D eigenvalue weighted by Crippen LogP contribution is -2.27. The van der Waals surface area contributed by atoms with Gasteiger partial charge in [-0.3, -0.25) is 4.79 Å². The highest BCUT2D eigenvalue weighted by Gasteiger charge is 2.35. The molecule has 2 aliphatic rings. The Hall–Kier alpha value is -7.55. The van der Waals surface area contributed by atoms with E-state index in [1.165, 1.54) is 44.5 Å². The predicted octanol–water partition coefficient (Wildman–Crippen LogP) is 16.6. The third kappa shape index (κ3) is 7.57. The molecule has 0 aliphatic heterocycles. The lowest BCUT2D eigenvalue weighted by molar-refractivity contribution is -0.116. The smallest absolute Gasteiger partial charge is 0.223 e. The molecule has 2 heteroatoms. The molecular formula is C64H55NO. The first-order valence-corrected chi connectivity index (χ1v) is 23.2. The third-order valence-electron chi connectivity index (χ3n) is 14.1. The molecule has 0 spiro atoms. The number of hydrogen-bond acceptors (Lipinski definition) is 1. The fourth-order valence-electron chi connectivity index (χ4n) is 10.4. The number of nitrogens with zero attached hydrogens (tertiary/aromatic N) is 1. The number of hydrogen-bond donors (Lipinski definition) is 0. The van der Waals surface area contributed by atoms with Gasteiger partial charge in [-0.2, -0.15) is 0 Å². The summed E-state index contributed by atoms with van der Waals surface area (Å²) in [6.45, 7) is 17.9. The van der Waals surface area contributed by atoms with Crippen LogP contribution in [0.1, 0.15) is 69.4 Å². The van der Waals surface area contributed by atoms with Gasteiger partial charge in [0.15, 0.2) is 0 Å². The standard InChI is InChI=1S/C64H55NO/c1-8-43(37-56-38-47-24-16-18-26-60(47)63(56,4)5)48-30-49(44-20-12-10-13-21-44)33-52(31-48)54-36-55(40-57(39-54)65(9-2)42(3)66)53-34-50(45-22-14-11-15-23-45)32-51(35-53)46-28-29-59-58-25-17-19-27-61(58)64(6,7)62(59)41-46/h8,10-41H,1,9H2,2-7H3/b43-37+. The summed E-state index contributed by atoms with van der Waals surface area (Å²) in [6, 6.07) is 66.2. The predicted molar refractivity (Wildman–Crippen MR) is 281 cm³/mol. The zero-order valence-electron chi connectivity index (χ0n) is 38.8. The van der Waals surface area contributed by atoms with Crippen LogP contribution in [0.15, 0.2) is 206 Å². The summed E-state index contributed by atoms with van der Waals surface area (Å²) in [6.07, 6.45) is 6.62. The van der Waals surface area contributed by atoms with Crippen molar-refractivity contribution in [3.8, 4) is 66.8 Å². The van der Waals surface area contributed by atoms with Crippen LogP contribution in [0.5, 0.6) is 0 Å². The van der Waals surface area contributed by atoms with E-state index in [4.69, 9.17) is 0 Å². The van der Waals surface area contributed by atoms with Gasteiger partial charge in [-0.15, -0.1) is 0 Å². The number of anilines is 1. The highest BCUT2D eigenvalue weighted by molar-refractivity contribution is 5.95. The van der Waals surface area contributed by atoms with Crippen LogP contribution in [0.4, 0.5) is 5.69 Å². The summed E-state index contributed by atoms with van der Waals surface area (Å²) in [7, 11) is 0. The van der Waals surface area contributed by atoms with Crippen molar-refractivity contribution in [2.45, 2.75) is 52.4 Å². The van der Waals surface area contributed by atoms with E-state index in [-0.39, 0.29) is 16.7 Å². The number of benzene rings is 8. The minimum Gasteiger partial charge on any atom is -0.313 e. The molecule has 0 unspecified atom stereocenters. The zero-order chi connectivity index (χ0) is 45.7. The summed E-state index contributed by atoms with van der Waals surface area (Å²) in [5.41, 5.74) is 23.0. The van der Waals surface area contributed by atoms with E-state index in [0.717, 1.165) is 66.9 Å². The normalized spacial score (nSPS) is 14.2. The maximum absolute atomic E-state index is 13.4. The van der Waals surface area contributed by atoms with Crippen LogP contribution >= 0.6 is 0 Å². The first kappa shape index (κ1) is 42.4. The maximum atomic E-state index is 13.4. The second-order valence-electron chi connectivity index (χ2n) is 18.9. The van der Waals surface area contributed by atoms with E-state index in [0.29, 0.717) is 6.54 Å². The van der Waals surface area contributed by atoms with Crippen LogP contribution in [-0.2, 0) is 15.6 Å². The van der Waals surface area contributed by atoms with Gasteiger partial charge in [-0.1, -0.05) is 174 Å². The van der Waals surface area contributed by atoms with E-state index >= 15 is 0 Å². The molecule has 0 radical (unpaired) electrons. The highest BCUT2D eigenvalue weighted by atomic mass is 16.2. The molecule has 2 nitrogen and oxygen atoms in total. The van der Waals surface area contributed by atoms with Gasteiger partial charge in [0, 0.05) is 30.0 Å². The minimum atomic E-state index is -0.154. The molecule has 10 rings (SSSR count). The molecule has 0 saturated heterocycles. The molecule has 8 aromatic rings. The first-order valence-electron chi connectivity index (χ1n) is 23.2. The minimum absolute atomic E-state index is 0.00475. The molecule has 0 N–H and O–H groups in total. The van der Waals surface area contributed by atoms with Crippen LogP contribution < -0.4 is 4.90 Å². The van der Waals surface area contributed by atoms with E-state index < -0.39 is 0 Å². The van der Waals surface area contributed by atoms with Crippen LogP contribution in [-0.4, -0.2) is 12.5 Å². The molecule has 0 atom stereocenters. The van der Waals surface area contributed by atoms with Crippen molar-refractivity contribution < 1.29 is 4.79 Å². The van der Waals surface area contributed by atoms with Crippen LogP contribution in [0, 0.1) is 0 Å².